The molecule has 6 nitrogen and oxygen atoms in total. The van der Waals surface area contributed by atoms with E-state index in [4.69, 9.17) is 28.8 Å². The van der Waals surface area contributed by atoms with Crippen LogP contribution in [0.15, 0.2) is 167 Å². The van der Waals surface area contributed by atoms with E-state index in [-0.39, 0.29) is 0 Å². The lowest BCUT2D eigenvalue weighted by atomic mass is 9.93. The molecule has 0 atom stereocenters. The lowest BCUT2D eigenvalue weighted by molar-refractivity contribution is 0.617. The van der Waals surface area contributed by atoms with Gasteiger partial charge in [-0.1, -0.05) is 121 Å². The molecule has 7 aromatic carbocycles. The topological polar surface area (TPSA) is 77.8 Å². The van der Waals surface area contributed by atoms with Crippen molar-refractivity contribution < 1.29 is 8.83 Å². The van der Waals surface area contributed by atoms with Crippen molar-refractivity contribution in [3.8, 4) is 56.7 Å². The van der Waals surface area contributed by atoms with E-state index in [1.165, 1.54) is 0 Å². The standard InChI is InChI=1S/C44H26N4O2/c1-4-14-28(15-5-1)39-31-20-11-10-13-27(31)23-24-33(39)43-47-41(29-16-6-2-7-17-29)46-42(48-43)32-21-12-22-36-40(32)34-25-35-38(26-37(34)49-36)50-44(45-35)30-18-8-3-9-19-30/h1-26H. The van der Waals surface area contributed by atoms with Crippen molar-refractivity contribution in [3.63, 3.8) is 0 Å². The molecule has 0 unspecified atom stereocenters. The normalized spacial score (nSPS) is 11.6. The first-order chi connectivity index (χ1) is 24.8. The van der Waals surface area contributed by atoms with E-state index in [2.05, 4.69) is 60.7 Å². The molecular weight excluding hydrogens is 617 g/mol. The molecule has 234 valence electrons. The van der Waals surface area contributed by atoms with Crippen LogP contribution in [0.25, 0.3) is 101 Å². The zero-order chi connectivity index (χ0) is 33.0. The first kappa shape index (κ1) is 28.1. The largest absolute Gasteiger partial charge is 0.456 e. The smallest absolute Gasteiger partial charge is 0.227 e. The molecule has 0 radical (unpaired) electrons. The monoisotopic (exact) mass is 642 g/mol. The molecule has 0 spiro atoms. The summed E-state index contributed by atoms with van der Waals surface area (Å²) in [5.41, 5.74) is 8.61. The van der Waals surface area contributed by atoms with Gasteiger partial charge in [0.15, 0.2) is 23.1 Å². The quantitative estimate of drug-likeness (QED) is 0.186. The molecule has 0 N–H and O–H groups in total. The fraction of sp³-hybridized carbons (Fsp3) is 0. The van der Waals surface area contributed by atoms with Gasteiger partial charge in [0.1, 0.15) is 16.7 Å². The Morgan fingerprint density at radius 1 is 0.380 bits per heavy atom. The number of fused-ring (bicyclic) bond motifs is 5. The Morgan fingerprint density at radius 2 is 1.04 bits per heavy atom. The van der Waals surface area contributed by atoms with Crippen LogP contribution in [0.3, 0.4) is 0 Å². The molecule has 0 bridgehead atoms. The van der Waals surface area contributed by atoms with E-state index in [1.54, 1.807) is 0 Å². The Labute approximate surface area is 286 Å². The zero-order valence-electron chi connectivity index (χ0n) is 26.6. The second-order valence-corrected chi connectivity index (χ2v) is 12.2. The first-order valence-corrected chi connectivity index (χ1v) is 16.5. The van der Waals surface area contributed by atoms with Gasteiger partial charge in [0.05, 0.1) is 0 Å². The van der Waals surface area contributed by atoms with Gasteiger partial charge in [-0.15, -0.1) is 0 Å². The van der Waals surface area contributed by atoms with Crippen LogP contribution < -0.4 is 0 Å². The summed E-state index contributed by atoms with van der Waals surface area (Å²) in [7, 11) is 0. The Kier molecular flexibility index (Phi) is 6.39. The maximum Gasteiger partial charge on any atom is 0.227 e. The lowest BCUT2D eigenvalue weighted by Gasteiger charge is -2.15. The highest BCUT2D eigenvalue weighted by Gasteiger charge is 2.21. The van der Waals surface area contributed by atoms with Crippen LogP contribution >= 0.6 is 0 Å². The number of nitrogens with zero attached hydrogens (tertiary/aromatic N) is 4. The molecular formula is C44H26N4O2. The van der Waals surface area contributed by atoms with Crippen molar-refractivity contribution in [2.45, 2.75) is 0 Å². The Balaban J connectivity index is 1.23. The highest BCUT2D eigenvalue weighted by Crippen LogP contribution is 2.41. The maximum absolute atomic E-state index is 6.43. The van der Waals surface area contributed by atoms with Crippen molar-refractivity contribution in [1.29, 1.82) is 0 Å². The number of hydrogen-bond donors (Lipinski definition) is 0. The van der Waals surface area contributed by atoms with Gasteiger partial charge < -0.3 is 8.83 Å². The fourth-order valence-electron chi connectivity index (χ4n) is 6.84. The minimum atomic E-state index is 0.555. The van der Waals surface area contributed by atoms with E-state index in [0.717, 1.165) is 66.0 Å². The number of hydrogen-bond acceptors (Lipinski definition) is 6. The van der Waals surface area contributed by atoms with Gasteiger partial charge in [-0.25, -0.2) is 19.9 Å². The third-order valence-corrected chi connectivity index (χ3v) is 9.17. The van der Waals surface area contributed by atoms with E-state index >= 15 is 0 Å². The van der Waals surface area contributed by atoms with Crippen LogP contribution in [-0.2, 0) is 0 Å². The van der Waals surface area contributed by atoms with E-state index in [0.29, 0.717) is 34.5 Å². The number of furan rings is 1. The zero-order valence-corrected chi connectivity index (χ0v) is 26.6. The van der Waals surface area contributed by atoms with Crippen molar-refractivity contribution in [1.82, 2.24) is 19.9 Å². The van der Waals surface area contributed by atoms with Crippen LogP contribution in [0.4, 0.5) is 0 Å². The van der Waals surface area contributed by atoms with E-state index in [9.17, 15) is 0 Å². The lowest BCUT2D eigenvalue weighted by Crippen LogP contribution is -2.01. The molecule has 0 aliphatic carbocycles. The summed E-state index contributed by atoms with van der Waals surface area (Å²) in [5.74, 6) is 2.31. The molecule has 3 aromatic heterocycles. The van der Waals surface area contributed by atoms with Gasteiger partial charge in [0, 0.05) is 44.7 Å². The predicted octanol–water partition coefficient (Wildman–Crippen LogP) is 11.4. The highest BCUT2D eigenvalue weighted by molar-refractivity contribution is 6.14. The van der Waals surface area contributed by atoms with Crippen LogP contribution in [0, 0.1) is 0 Å². The number of benzene rings is 7. The Hall–Kier alpha value is -6.92. The van der Waals surface area contributed by atoms with Crippen molar-refractivity contribution in [2.24, 2.45) is 0 Å². The summed E-state index contributed by atoms with van der Waals surface area (Å²) in [6.45, 7) is 0. The van der Waals surface area contributed by atoms with Crippen LogP contribution in [-0.4, -0.2) is 19.9 Å². The first-order valence-electron chi connectivity index (χ1n) is 16.5. The molecule has 0 aliphatic rings. The van der Waals surface area contributed by atoms with Crippen LogP contribution in [0.2, 0.25) is 0 Å². The molecule has 10 aromatic rings. The summed E-state index contributed by atoms with van der Waals surface area (Å²) in [6, 6.07) is 53.1. The highest BCUT2D eigenvalue weighted by atomic mass is 16.4. The molecule has 0 saturated carbocycles. The van der Waals surface area contributed by atoms with Crippen molar-refractivity contribution in [2.75, 3.05) is 0 Å². The number of rotatable bonds is 5. The minimum absolute atomic E-state index is 0.555. The van der Waals surface area contributed by atoms with E-state index < -0.39 is 0 Å². The summed E-state index contributed by atoms with van der Waals surface area (Å²) < 4.78 is 12.6. The maximum atomic E-state index is 6.43. The van der Waals surface area contributed by atoms with Gasteiger partial charge in [-0.2, -0.15) is 0 Å². The molecule has 10 rings (SSSR count). The summed E-state index contributed by atoms with van der Waals surface area (Å²) >= 11 is 0. The molecule has 50 heavy (non-hydrogen) atoms. The van der Waals surface area contributed by atoms with Crippen LogP contribution in [0.5, 0.6) is 0 Å². The Morgan fingerprint density at radius 3 is 1.82 bits per heavy atom. The average Bonchev–Trinajstić information content (AvgIpc) is 3.78. The molecule has 0 aliphatic heterocycles. The molecule has 0 saturated heterocycles. The van der Waals surface area contributed by atoms with Crippen molar-refractivity contribution in [3.05, 3.63) is 158 Å². The number of oxazole rings is 1. The Bertz CT molecular complexity index is 2860. The van der Waals surface area contributed by atoms with E-state index in [1.807, 2.05) is 97.1 Å². The molecule has 6 heteroatoms. The average molecular weight is 643 g/mol. The fourth-order valence-corrected chi connectivity index (χ4v) is 6.84. The van der Waals surface area contributed by atoms with Crippen molar-refractivity contribution >= 4 is 43.8 Å². The summed E-state index contributed by atoms with van der Waals surface area (Å²) in [6.07, 6.45) is 0. The summed E-state index contributed by atoms with van der Waals surface area (Å²) in [4.78, 5) is 20.3. The summed E-state index contributed by atoms with van der Waals surface area (Å²) in [5, 5.41) is 4.10. The third-order valence-electron chi connectivity index (χ3n) is 9.17. The third kappa shape index (κ3) is 4.65. The molecule has 0 fully saturated rings. The minimum Gasteiger partial charge on any atom is -0.456 e. The van der Waals surface area contributed by atoms with Gasteiger partial charge >= 0.3 is 0 Å². The van der Waals surface area contributed by atoms with Gasteiger partial charge in [0.25, 0.3) is 0 Å². The number of aromatic nitrogens is 4. The second-order valence-electron chi connectivity index (χ2n) is 12.2. The SMILES string of the molecule is c1ccc(-c2nc(-c3ccc4ccccc4c3-c3ccccc3)nc(-c3cccc4oc5cc6oc(-c7ccccc7)nc6cc5c34)n2)cc1. The van der Waals surface area contributed by atoms with Gasteiger partial charge in [-0.05, 0) is 46.7 Å². The van der Waals surface area contributed by atoms with Gasteiger partial charge in [0.2, 0.25) is 5.89 Å². The molecule has 0 amide bonds. The van der Waals surface area contributed by atoms with Gasteiger partial charge in [-0.3, -0.25) is 0 Å². The predicted molar refractivity (Wildman–Crippen MR) is 199 cm³/mol. The second kappa shape index (κ2) is 11.4. The van der Waals surface area contributed by atoms with Crippen LogP contribution in [0.1, 0.15) is 0 Å². The molecule has 3 heterocycles.